The van der Waals surface area contributed by atoms with Crippen molar-refractivity contribution in [1.29, 1.82) is 0 Å². The number of unbranched alkanes of at least 4 members (excludes halogenated alkanes) is 2. The van der Waals surface area contributed by atoms with Crippen LogP contribution in [-0.2, 0) is 6.54 Å². The van der Waals surface area contributed by atoms with E-state index in [9.17, 15) is 18.0 Å². The van der Waals surface area contributed by atoms with Crippen LogP contribution in [0.5, 0.6) is 0 Å². The molecule has 2 N–H and O–H groups in total. The van der Waals surface area contributed by atoms with Crippen LogP contribution in [0.3, 0.4) is 0 Å². The van der Waals surface area contributed by atoms with Gasteiger partial charge in [0.2, 0.25) is 0 Å². The van der Waals surface area contributed by atoms with Crippen LogP contribution in [0.2, 0.25) is 0 Å². The van der Waals surface area contributed by atoms with E-state index >= 15 is 0 Å². The van der Waals surface area contributed by atoms with Gasteiger partial charge in [-0.15, -0.1) is 5.10 Å². The fourth-order valence-corrected chi connectivity index (χ4v) is 3.88. The molecule has 10 heteroatoms. The number of carbonyl (C=O) groups is 1. The van der Waals surface area contributed by atoms with Crippen molar-refractivity contribution in [3.63, 3.8) is 0 Å². The molecule has 1 aromatic heterocycles. The highest BCUT2D eigenvalue weighted by Crippen LogP contribution is 2.30. The largest absolute Gasteiger partial charge is 0.322 e. The summed E-state index contributed by atoms with van der Waals surface area (Å²) in [4.78, 5) is 14.4. The first-order chi connectivity index (χ1) is 17.5. The standard InChI is InChI=1S/C26H25F3N6O/c1-2-3-6-13-35(26(36)30-24-22(28)14-19(27)15-23(24)29)16-17-9-11-18(12-10-17)20-7-4-5-8-21(20)25-31-33-34-32-25/h4-5,7-12,14-15H,2-3,6,13,16H2,1H3,(H,30,36)(H,31,32,33,34). The van der Waals surface area contributed by atoms with E-state index in [4.69, 9.17) is 0 Å². The molecule has 0 radical (unpaired) electrons. The number of H-pyrrole nitrogens is 1. The van der Waals surface area contributed by atoms with E-state index in [1.54, 1.807) is 0 Å². The van der Waals surface area contributed by atoms with E-state index in [-0.39, 0.29) is 6.54 Å². The van der Waals surface area contributed by atoms with Crippen LogP contribution in [0, 0.1) is 17.5 Å². The quantitative estimate of drug-likeness (QED) is 0.272. The highest BCUT2D eigenvalue weighted by Gasteiger charge is 2.19. The molecule has 0 aliphatic carbocycles. The van der Waals surface area contributed by atoms with Crippen molar-refractivity contribution in [2.75, 3.05) is 11.9 Å². The normalized spacial score (nSPS) is 10.9. The summed E-state index contributed by atoms with van der Waals surface area (Å²) in [5.74, 6) is -2.84. The van der Waals surface area contributed by atoms with Crippen LogP contribution >= 0.6 is 0 Å². The highest BCUT2D eigenvalue weighted by atomic mass is 19.1. The third-order valence-electron chi connectivity index (χ3n) is 5.72. The lowest BCUT2D eigenvalue weighted by molar-refractivity contribution is 0.207. The Bertz CT molecular complexity index is 1290. The Morgan fingerprint density at radius 1 is 0.972 bits per heavy atom. The molecule has 4 aromatic rings. The first kappa shape index (κ1) is 24.9. The molecule has 0 saturated carbocycles. The molecule has 0 aliphatic rings. The van der Waals surface area contributed by atoms with Crippen LogP contribution in [-0.4, -0.2) is 38.1 Å². The molecule has 0 aliphatic heterocycles. The summed E-state index contributed by atoms with van der Waals surface area (Å²) in [5, 5.41) is 16.3. The third-order valence-corrected chi connectivity index (χ3v) is 5.72. The number of benzene rings is 3. The molecule has 0 bridgehead atoms. The number of halogens is 3. The maximum atomic E-state index is 14.1. The number of hydrogen-bond donors (Lipinski definition) is 2. The molecule has 3 aromatic carbocycles. The number of aromatic amines is 1. The molecule has 186 valence electrons. The lowest BCUT2D eigenvalue weighted by atomic mass is 9.98. The van der Waals surface area contributed by atoms with Crippen molar-refractivity contribution in [3.8, 4) is 22.5 Å². The van der Waals surface area contributed by atoms with Gasteiger partial charge in [0.1, 0.15) is 11.5 Å². The highest BCUT2D eigenvalue weighted by molar-refractivity contribution is 5.89. The van der Waals surface area contributed by atoms with Gasteiger partial charge < -0.3 is 10.2 Å². The molecular weight excluding hydrogens is 469 g/mol. The molecule has 4 rings (SSSR count). The van der Waals surface area contributed by atoms with E-state index in [0.717, 1.165) is 41.5 Å². The minimum Gasteiger partial charge on any atom is -0.320 e. The predicted molar refractivity (Wildman–Crippen MR) is 130 cm³/mol. The molecule has 0 fully saturated rings. The van der Waals surface area contributed by atoms with Gasteiger partial charge in [-0.3, -0.25) is 0 Å². The van der Waals surface area contributed by atoms with Crippen molar-refractivity contribution < 1.29 is 18.0 Å². The number of nitrogens with zero attached hydrogens (tertiary/aromatic N) is 4. The van der Waals surface area contributed by atoms with Crippen LogP contribution in [0.1, 0.15) is 31.7 Å². The molecule has 2 amide bonds. The van der Waals surface area contributed by atoms with E-state index in [1.165, 1.54) is 4.90 Å². The Balaban J connectivity index is 1.53. The van der Waals surface area contributed by atoms with Crippen molar-refractivity contribution >= 4 is 11.7 Å². The van der Waals surface area contributed by atoms with Crippen LogP contribution < -0.4 is 5.32 Å². The van der Waals surface area contributed by atoms with E-state index in [2.05, 4.69) is 25.9 Å². The summed E-state index contributed by atoms with van der Waals surface area (Å²) in [5.41, 5.74) is 2.88. The van der Waals surface area contributed by atoms with Crippen molar-refractivity contribution in [2.24, 2.45) is 0 Å². The number of amides is 2. The number of aromatic nitrogens is 4. The SMILES string of the molecule is CCCCCN(Cc1ccc(-c2ccccc2-c2nnn[nH]2)cc1)C(=O)Nc1c(F)cc(F)cc1F. The number of hydrogen-bond acceptors (Lipinski definition) is 4. The second-order valence-corrected chi connectivity index (χ2v) is 8.30. The molecule has 36 heavy (non-hydrogen) atoms. The van der Waals surface area contributed by atoms with Crippen molar-refractivity contribution in [1.82, 2.24) is 25.5 Å². The predicted octanol–water partition coefficient (Wildman–Crippen LogP) is 6.18. The van der Waals surface area contributed by atoms with Gasteiger partial charge in [0.05, 0.1) is 0 Å². The molecule has 0 atom stereocenters. The number of carbonyl (C=O) groups excluding carboxylic acids is 1. The van der Waals surface area contributed by atoms with Crippen LogP contribution in [0.25, 0.3) is 22.5 Å². The van der Waals surface area contributed by atoms with Crippen LogP contribution in [0.4, 0.5) is 23.7 Å². The first-order valence-electron chi connectivity index (χ1n) is 11.6. The van der Waals surface area contributed by atoms with Crippen molar-refractivity contribution in [2.45, 2.75) is 32.7 Å². The Morgan fingerprint density at radius 3 is 2.31 bits per heavy atom. The lowest BCUT2D eigenvalue weighted by Crippen LogP contribution is -2.35. The van der Waals surface area contributed by atoms with Gasteiger partial charge in [-0.1, -0.05) is 68.3 Å². The number of anilines is 1. The summed E-state index contributed by atoms with van der Waals surface area (Å²) < 4.78 is 41.4. The Morgan fingerprint density at radius 2 is 1.67 bits per heavy atom. The third kappa shape index (κ3) is 5.88. The molecule has 0 unspecified atom stereocenters. The maximum absolute atomic E-state index is 14.1. The Hall–Kier alpha value is -4.21. The minimum absolute atomic E-state index is 0.230. The number of urea groups is 1. The zero-order valence-corrected chi connectivity index (χ0v) is 19.6. The van der Waals surface area contributed by atoms with E-state index in [1.807, 2.05) is 55.5 Å². The van der Waals surface area contributed by atoms with Gasteiger partial charge >= 0.3 is 6.03 Å². The smallest absolute Gasteiger partial charge is 0.320 e. The summed E-state index contributed by atoms with van der Waals surface area (Å²) in [6, 6.07) is 15.7. The second kappa shape index (κ2) is 11.5. The average Bonchev–Trinajstić information content (AvgIpc) is 3.41. The monoisotopic (exact) mass is 494 g/mol. The van der Waals surface area contributed by atoms with E-state index in [0.29, 0.717) is 24.5 Å². The van der Waals surface area contributed by atoms with Gasteiger partial charge in [0.25, 0.3) is 0 Å². The van der Waals surface area contributed by atoms with Gasteiger partial charge in [0, 0.05) is 30.8 Å². The van der Waals surface area contributed by atoms with Crippen LogP contribution in [0.15, 0.2) is 60.7 Å². The Kier molecular flexibility index (Phi) is 7.94. The zero-order valence-electron chi connectivity index (χ0n) is 19.6. The number of tetrazole rings is 1. The average molecular weight is 495 g/mol. The van der Waals surface area contributed by atoms with E-state index < -0.39 is 29.2 Å². The topological polar surface area (TPSA) is 86.8 Å². The summed E-state index contributed by atoms with van der Waals surface area (Å²) >= 11 is 0. The molecule has 1 heterocycles. The van der Waals surface area contributed by atoms with Gasteiger partial charge in [-0.05, 0) is 33.5 Å². The van der Waals surface area contributed by atoms with Gasteiger partial charge in [-0.25, -0.2) is 23.1 Å². The Labute approximate surface area is 206 Å². The lowest BCUT2D eigenvalue weighted by Gasteiger charge is -2.24. The first-order valence-corrected chi connectivity index (χ1v) is 11.6. The second-order valence-electron chi connectivity index (χ2n) is 8.30. The fourth-order valence-electron chi connectivity index (χ4n) is 3.88. The molecular formula is C26H25F3N6O. The number of nitrogens with one attached hydrogen (secondary N) is 2. The molecule has 0 saturated heterocycles. The summed E-state index contributed by atoms with van der Waals surface area (Å²) in [7, 11) is 0. The maximum Gasteiger partial charge on any atom is 0.322 e. The van der Waals surface area contributed by atoms with Gasteiger partial charge in [0.15, 0.2) is 17.5 Å². The van der Waals surface area contributed by atoms with Crippen molar-refractivity contribution in [3.05, 3.63) is 83.7 Å². The fraction of sp³-hybridized carbons (Fsp3) is 0.231. The minimum atomic E-state index is -1.17. The zero-order chi connectivity index (χ0) is 25.5. The van der Waals surface area contributed by atoms with Gasteiger partial charge in [-0.2, -0.15) is 0 Å². The molecule has 0 spiro atoms. The molecule has 7 nitrogen and oxygen atoms in total. The summed E-state index contributed by atoms with van der Waals surface area (Å²) in [6.07, 6.45) is 2.58. The number of rotatable bonds is 9. The summed E-state index contributed by atoms with van der Waals surface area (Å²) in [6.45, 7) is 2.67.